The lowest BCUT2D eigenvalue weighted by Crippen LogP contribution is -2.51. The number of carbonyl (C=O) groups is 1. The van der Waals surface area contributed by atoms with Crippen LogP contribution in [0.1, 0.15) is 27.3 Å². The molecule has 0 atom stereocenters. The van der Waals surface area contributed by atoms with Crippen LogP contribution in [0.2, 0.25) is 0 Å². The van der Waals surface area contributed by atoms with Crippen LogP contribution in [0.3, 0.4) is 0 Å². The van der Waals surface area contributed by atoms with Crippen molar-refractivity contribution in [3.63, 3.8) is 0 Å². The topological polar surface area (TPSA) is 96.1 Å². The lowest BCUT2D eigenvalue weighted by Gasteiger charge is -2.31. The second-order valence-corrected chi connectivity index (χ2v) is 7.82. The molecule has 2 aromatic heterocycles. The van der Waals surface area contributed by atoms with Crippen molar-refractivity contribution in [3.05, 3.63) is 101 Å². The molecule has 4 rings (SSSR count). The summed E-state index contributed by atoms with van der Waals surface area (Å²) < 4.78 is 35.1. The molecule has 0 fully saturated rings. The summed E-state index contributed by atoms with van der Waals surface area (Å²) in [5, 5.41) is 22.8. The molecule has 0 radical (unpaired) electrons. The second kappa shape index (κ2) is 9.58. The third-order valence-electron chi connectivity index (χ3n) is 5.66. The van der Waals surface area contributed by atoms with Crippen molar-refractivity contribution in [2.24, 2.45) is 0 Å². The molecule has 3 N–H and O–H groups in total. The van der Waals surface area contributed by atoms with Crippen LogP contribution in [0.5, 0.6) is 5.75 Å². The van der Waals surface area contributed by atoms with E-state index in [0.717, 1.165) is 12.1 Å². The number of aliphatic hydroxyl groups excluding tert-OH is 2. The molecule has 2 aromatic carbocycles. The molecule has 34 heavy (non-hydrogen) atoms. The van der Waals surface area contributed by atoms with Crippen molar-refractivity contribution >= 4 is 11.6 Å². The first-order valence-electron chi connectivity index (χ1n) is 10.5. The summed E-state index contributed by atoms with van der Waals surface area (Å²) in [6, 6.07) is 15.4. The van der Waals surface area contributed by atoms with Crippen LogP contribution in [0, 0.1) is 18.6 Å². The molecular formula is C25H23F2N3O4. The van der Waals surface area contributed by atoms with Gasteiger partial charge in [0.1, 0.15) is 29.5 Å². The average molecular weight is 467 g/mol. The monoisotopic (exact) mass is 467 g/mol. The van der Waals surface area contributed by atoms with Gasteiger partial charge in [-0.15, -0.1) is 0 Å². The Kier molecular flexibility index (Phi) is 6.58. The van der Waals surface area contributed by atoms with Crippen molar-refractivity contribution in [2.45, 2.75) is 19.1 Å². The van der Waals surface area contributed by atoms with Crippen LogP contribution in [0.4, 0.5) is 8.78 Å². The number of carbonyl (C=O) groups excluding carboxylic acids is 1. The number of hydrogen-bond donors (Lipinski definition) is 3. The van der Waals surface area contributed by atoms with E-state index in [4.69, 9.17) is 4.74 Å². The lowest BCUT2D eigenvalue weighted by molar-refractivity contribution is 0.0652. The molecule has 9 heteroatoms. The molecule has 0 bridgehead atoms. The summed E-state index contributed by atoms with van der Waals surface area (Å²) in [7, 11) is 0. The number of aryl methyl sites for hydroxylation is 1. The molecule has 0 aliphatic heterocycles. The Morgan fingerprint density at radius 2 is 1.71 bits per heavy atom. The highest BCUT2D eigenvalue weighted by molar-refractivity contribution is 5.95. The van der Waals surface area contributed by atoms with E-state index in [1.807, 2.05) is 0 Å². The molecular weight excluding hydrogens is 444 g/mol. The number of aromatic nitrogens is 2. The van der Waals surface area contributed by atoms with Crippen LogP contribution in [-0.2, 0) is 12.1 Å². The summed E-state index contributed by atoms with van der Waals surface area (Å²) in [5.41, 5.74) is -0.283. The highest BCUT2D eigenvalue weighted by Gasteiger charge is 2.34. The Labute approximate surface area is 194 Å². The smallest absolute Gasteiger partial charge is 0.271 e. The second-order valence-electron chi connectivity index (χ2n) is 7.82. The molecule has 2 heterocycles. The third-order valence-corrected chi connectivity index (χ3v) is 5.66. The summed E-state index contributed by atoms with van der Waals surface area (Å²) in [6.45, 7) is 0.206. The first-order chi connectivity index (χ1) is 16.4. The zero-order chi connectivity index (χ0) is 24.3. The van der Waals surface area contributed by atoms with Gasteiger partial charge in [0.25, 0.3) is 5.91 Å². The van der Waals surface area contributed by atoms with Gasteiger partial charge in [0.15, 0.2) is 11.4 Å². The van der Waals surface area contributed by atoms with E-state index < -0.39 is 36.3 Å². The molecule has 4 aromatic rings. The maximum absolute atomic E-state index is 14.0. The quantitative estimate of drug-likeness (QED) is 0.370. The van der Waals surface area contributed by atoms with Crippen molar-refractivity contribution in [1.82, 2.24) is 14.7 Å². The standard InChI is InChI=1S/C25H23F2N3O4/c1-16-22(24(33)29-25(14-31,15-32)17-7-3-2-4-8-17)30-12-6-11-21(23(30)28-16)34-13-18-19(26)9-5-10-20(18)27/h2-12,31-32H,13-15H2,1H3,(H,29,33). The molecule has 7 nitrogen and oxygen atoms in total. The van der Waals surface area contributed by atoms with Crippen LogP contribution < -0.4 is 10.1 Å². The minimum atomic E-state index is -1.41. The number of nitrogens with one attached hydrogen (secondary N) is 1. The maximum atomic E-state index is 14.0. The Balaban J connectivity index is 1.66. The van der Waals surface area contributed by atoms with Gasteiger partial charge >= 0.3 is 0 Å². The summed E-state index contributed by atoms with van der Waals surface area (Å²) in [4.78, 5) is 17.7. The van der Waals surface area contributed by atoms with E-state index in [-0.39, 0.29) is 29.3 Å². The predicted molar refractivity (Wildman–Crippen MR) is 120 cm³/mol. The number of aliphatic hydroxyl groups is 2. The SMILES string of the molecule is Cc1nc2c(OCc3c(F)cccc3F)cccn2c1C(=O)NC(CO)(CO)c1ccccc1. The third kappa shape index (κ3) is 4.23. The molecule has 0 aliphatic carbocycles. The first-order valence-corrected chi connectivity index (χ1v) is 10.5. The van der Waals surface area contributed by atoms with Gasteiger partial charge in [-0.2, -0.15) is 0 Å². The van der Waals surface area contributed by atoms with Crippen molar-refractivity contribution in [3.8, 4) is 5.75 Å². The first kappa shape index (κ1) is 23.3. The number of nitrogens with zero attached hydrogens (tertiary/aromatic N) is 2. The zero-order valence-corrected chi connectivity index (χ0v) is 18.3. The van der Waals surface area contributed by atoms with Gasteiger partial charge in [-0.05, 0) is 36.8 Å². The van der Waals surface area contributed by atoms with E-state index >= 15 is 0 Å². The number of amides is 1. The Hall–Kier alpha value is -3.82. The number of halogens is 2. The summed E-state index contributed by atoms with van der Waals surface area (Å²) in [6.07, 6.45) is 1.60. The molecule has 0 saturated carbocycles. The maximum Gasteiger partial charge on any atom is 0.271 e. The molecule has 176 valence electrons. The van der Waals surface area contributed by atoms with Crippen molar-refractivity contribution in [2.75, 3.05) is 13.2 Å². The Bertz CT molecular complexity index is 1300. The van der Waals surface area contributed by atoms with Crippen LogP contribution in [-0.4, -0.2) is 38.7 Å². The number of rotatable bonds is 8. The predicted octanol–water partition coefficient (Wildman–Crippen LogP) is 3.11. The van der Waals surface area contributed by atoms with E-state index in [1.54, 1.807) is 55.6 Å². The largest absolute Gasteiger partial charge is 0.485 e. The normalized spacial score (nSPS) is 11.6. The summed E-state index contributed by atoms with van der Waals surface area (Å²) in [5.74, 6) is -1.80. The average Bonchev–Trinajstić information content (AvgIpc) is 3.19. The number of benzene rings is 2. The Morgan fingerprint density at radius 3 is 2.35 bits per heavy atom. The molecule has 0 aliphatic rings. The molecule has 0 unspecified atom stereocenters. The van der Waals surface area contributed by atoms with Gasteiger partial charge in [0.05, 0.1) is 24.5 Å². The van der Waals surface area contributed by atoms with E-state index in [0.29, 0.717) is 11.3 Å². The van der Waals surface area contributed by atoms with E-state index in [2.05, 4.69) is 10.3 Å². The number of pyridine rings is 1. The number of hydrogen-bond acceptors (Lipinski definition) is 5. The molecule has 1 amide bonds. The lowest BCUT2D eigenvalue weighted by atomic mass is 9.91. The van der Waals surface area contributed by atoms with Gasteiger partial charge in [-0.1, -0.05) is 36.4 Å². The fourth-order valence-electron chi connectivity index (χ4n) is 3.78. The highest BCUT2D eigenvalue weighted by Crippen LogP contribution is 2.26. The van der Waals surface area contributed by atoms with Gasteiger partial charge in [0, 0.05) is 6.20 Å². The van der Waals surface area contributed by atoms with Crippen LogP contribution in [0.15, 0.2) is 66.9 Å². The van der Waals surface area contributed by atoms with E-state index in [9.17, 15) is 23.8 Å². The van der Waals surface area contributed by atoms with Crippen LogP contribution >= 0.6 is 0 Å². The molecule has 0 saturated heterocycles. The fourth-order valence-corrected chi connectivity index (χ4v) is 3.78. The minimum absolute atomic E-state index is 0.166. The zero-order valence-electron chi connectivity index (χ0n) is 18.3. The van der Waals surface area contributed by atoms with Gasteiger partial charge < -0.3 is 20.3 Å². The van der Waals surface area contributed by atoms with Gasteiger partial charge in [0.2, 0.25) is 0 Å². The number of ether oxygens (including phenoxy) is 1. The van der Waals surface area contributed by atoms with Crippen molar-refractivity contribution < 1.29 is 28.5 Å². The van der Waals surface area contributed by atoms with E-state index in [1.165, 1.54) is 10.5 Å². The van der Waals surface area contributed by atoms with Crippen LogP contribution in [0.25, 0.3) is 5.65 Å². The van der Waals surface area contributed by atoms with Gasteiger partial charge in [-0.25, -0.2) is 13.8 Å². The van der Waals surface area contributed by atoms with Gasteiger partial charge in [-0.3, -0.25) is 9.20 Å². The Morgan fingerprint density at radius 1 is 1.03 bits per heavy atom. The highest BCUT2D eigenvalue weighted by atomic mass is 19.1. The number of fused-ring (bicyclic) bond motifs is 1. The van der Waals surface area contributed by atoms with Crippen molar-refractivity contribution in [1.29, 1.82) is 0 Å². The fraction of sp³-hybridized carbons (Fsp3) is 0.200. The minimum Gasteiger partial charge on any atom is -0.485 e. The molecule has 0 spiro atoms. The number of imidazole rings is 1. The summed E-state index contributed by atoms with van der Waals surface area (Å²) >= 11 is 0.